The van der Waals surface area contributed by atoms with Crippen LogP contribution in [0.4, 0.5) is 5.82 Å². The van der Waals surface area contributed by atoms with Gasteiger partial charge in [0.2, 0.25) is 0 Å². The molecule has 6 N–H and O–H groups in total. The maximum atomic E-state index is 11.7. The van der Waals surface area contributed by atoms with Crippen molar-refractivity contribution in [2.45, 2.75) is 37.1 Å². The van der Waals surface area contributed by atoms with E-state index in [4.69, 9.17) is 15.6 Å². The number of nitrogens with zero attached hydrogens (tertiary/aromatic N) is 2. The SMILES string of the molecule is Nc1ccn([C@@H]2O[C@H](C(O)CC(=O)O)[C@@H](O)[C@H]2O)c(=O)n1. The Morgan fingerprint density at radius 1 is 1.48 bits per heavy atom. The van der Waals surface area contributed by atoms with Crippen LogP contribution in [0.5, 0.6) is 0 Å². The van der Waals surface area contributed by atoms with Crippen molar-refractivity contribution in [2.24, 2.45) is 0 Å². The lowest BCUT2D eigenvalue weighted by Crippen LogP contribution is -2.39. The lowest BCUT2D eigenvalue weighted by atomic mass is 10.0. The largest absolute Gasteiger partial charge is 0.481 e. The molecule has 0 aromatic carbocycles. The predicted octanol–water partition coefficient (Wildman–Crippen LogP) is -2.72. The van der Waals surface area contributed by atoms with Crippen molar-refractivity contribution in [3.8, 4) is 0 Å². The summed E-state index contributed by atoms with van der Waals surface area (Å²) in [7, 11) is 0. The van der Waals surface area contributed by atoms with Gasteiger partial charge in [-0.05, 0) is 6.07 Å². The molecule has 1 aliphatic rings. The molecule has 1 aliphatic heterocycles. The van der Waals surface area contributed by atoms with E-state index in [1.807, 2.05) is 0 Å². The van der Waals surface area contributed by atoms with E-state index in [0.29, 0.717) is 0 Å². The maximum Gasteiger partial charge on any atom is 0.351 e. The van der Waals surface area contributed by atoms with Crippen molar-refractivity contribution in [3.63, 3.8) is 0 Å². The van der Waals surface area contributed by atoms with Gasteiger partial charge in [0.05, 0.1) is 12.5 Å². The zero-order chi connectivity index (χ0) is 15.7. The van der Waals surface area contributed by atoms with Gasteiger partial charge in [0.1, 0.15) is 24.1 Å². The van der Waals surface area contributed by atoms with Crippen LogP contribution in [0.25, 0.3) is 0 Å². The van der Waals surface area contributed by atoms with Crippen LogP contribution >= 0.6 is 0 Å². The smallest absolute Gasteiger partial charge is 0.351 e. The van der Waals surface area contributed by atoms with Crippen LogP contribution in [0.1, 0.15) is 12.6 Å². The predicted molar refractivity (Wildman–Crippen MR) is 67.1 cm³/mol. The Bertz CT molecular complexity index is 589. The molecular formula is C11H15N3O7. The molecule has 0 amide bonds. The van der Waals surface area contributed by atoms with E-state index in [9.17, 15) is 24.9 Å². The molecule has 10 nitrogen and oxygen atoms in total. The number of aliphatic hydroxyl groups is 3. The molecule has 2 rings (SSSR count). The maximum absolute atomic E-state index is 11.7. The Labute approximate surface area is 118 Å². The molecule has 1 aromatic heterocycles. The summed E-state index contributed by atoms with van der Waals surface area (Å²) in [5.74, 6) is -1.31. The summed E-state index contributed by atoms with van der Waals surface area (Å²) < 4.78 is 6.12. The summed E-state index contributed by atoms with van der Waals surface area (Å²) >= 11 is 0. The number of nitrogen functional groups attached to an aromatic ring is 1. The lowest BCUT2D eigenvalue weighted by molar-refractivity contribution is -0.144. The van der Waals surface area contributed by atoms with Gasteiger partial charge in [-0.15, -0.1) is 0 Å². The van der Waals surface area contributed by atoms with Crippen molar-refractivity contribution in [1.82, 2.24) is 9.55 Å². The molecular weight excluding hydrogens is 286 g/mol. The molecule has 1 unspecified atom stereocenters. The van der Waals surface area contributed by atoms with Crippen LogP contribution in [-0.4, -0.2) is 60.4 Å². The number of hydrogen-bond donors (Lipinski definition) is 5. The van der Waals surface area contributed by atoms with Crippen LogP contribution in [0.15, 0.2) is 17.1 Å². The fourth-order valence-corrected chi connectivity index (χ4v) is 2.15. The summed E-state index contributed by atoms with van der Waals surface area (Å²) in [5, 5.41) is 38.0. The van der Waals surface area contributed by atoms with Gasteiger partial charge < -0.3 is 30.9 Å². The average molecular weight is 301 g/mol. The zero-order valence-corrected chi connectivity index (χ0v) is 10.7. The van der Waals surface area contributed by atoms with Crippen LogP contribution in [-0.2, 0) is 9.53 Å². The third-order valence-corrected chi connectivity index (χ3v) is 3.16. The van der Waals surface area contributed by atoms with Crippen LogP contribution in [0.2, 0.25) is 0 Å². The zero-order valence-electron chi connectivity index (χ0n) is 10.7. The summed E-state index contributed by atoms with van der Waals surface area (Å²) in [5.41, 5.74) is 4.53. The van der Waals surface area contributed by atoms with E-state index in [1.165, 1.54) is 12.3 Å². The molecule has 116 valence electrons. The van der Waals surface area contributed by atoms with Crippen molar-refractivity contribution < 1.29 is 30.0 Å². The van der Waals surface area contributed by atoms with E-state index in [2.05, 4.69) is 4.98 Å². The molecule has 1 fully saturated rings. The van der Waals surface area contributed by atoms with Crippen molar-refractivity contribution in [2.75, 3.05) is 5.73 Å². The Hall–Kier alpha value is -2.01. The number of anilines is 1. The number of carbonyl (C=O) groups is 1. The highest BCUT2D eigenvalue weighted by Gasteiger charge is 2.47. The Balaban J connectivity index is 2.23. The summed E-state index contributed by atoms with van der Waals surface area (Å²) in [6.45, 7) is 0. The number of nitrogens with two attached hydrogens (primary N) is 1. The normalized spacial score (nSPS) is 30.2. The van der Waals surface area contributed by atoms with E-state index >= 15 is 0 Å². The first-order valence-corrected chi connectivity index (χ1v) is 6.07. The molecule has 1 saturated heterocycles. The second-order valence-electron chi connectivity index (χ2n) is 4.68. The van der Waals surface area contributed by atoms with Gasteiger partial charge >= 0.3 is 11.7 Å². The van der Waals surface area contributed by atoms with E-state index in [1.54, 1.807) is 0 Å². The summed E-state index contributed by atoms with van der Waals surface area (Å²) in [4.78, 5) is 25.7. The lowest BCUT2D eigenvalue weighted by Gasteiger charge is -2.19. The number of aromatic nitrogens is 2. The van der Waals surface area contributed by atoms with Gasteiger partial charge in [0.25, 0.3) is 0 Å². The van der Waals surface area contributed by atoms with Crippen LogP contribution < -0.4 is 11.4 Å². The highest BCUT2D eigenvalue weighted by molar-refractivity contribution is 5.67. The molecule has 10 heteroatoms. The van der Waals surface area contributed by atoms with E-state index < -0.39 is 48.7 Å². The number of carboxylic acid groups (broad SMARTS) is 1. The second-order valence-corrected chi connectivity index (χ2v) is 4.68. The van der Waals surface area contributed by atoms with Gasteiger partial charge in [0, 0.05) is 6.20 Å². The van der Waals surface area contributed by atoms with Gasteiger partial charge in [-0.25, -0.2) is 4.79 Å². The fraction of sp³-hybridized carbons (Fsp3) is 0.545. The number of hydrogen-bond acceptors (Lipinski definition) is 8. The molecule has 5 atom stereocenters. The standard InChI is InChI=1S/C11H15N3O7/c12-5-1-2-14(11(20)13-5)10-8(19)7(18)9(21-10)4(15)3-6(16)17/h1-2,4,7-10,15,18-19H,3H2,(H,16,17)(H2,12,13,20)/t4?,7-,8+,9+,10+/m0/s1. The first-order chi connectivity index (χ1) is 9.81. The van der Waals surface area contributed by atoms with Gasteiger partial charge in [-0.2, -0.15) is 4.98 Å². The first kappa shape index (κ1) is 15.4. The average Bonchev–Trinajstić information content (AvgIpc) is 2.66. The van der Waals surface area contributed by atoms with Crippen molar-refractivity contribution >= 4 is 11.8 Å². The summed E-state index contributed by atoms with van der Waals surface area (Å²) in [6.07, 6.45) is -6.70. The number of rotatable bonds is 4. The molecule has 0 saturated carbocycles. The number of carboxylic acids is 1. The van der Waals surface area contributed by atoms with Gasteiger partial charge in [-0.3, -0.25) is 9.36 Å². The molecule has 2 heterocycles. The monoisotopic (exact) mass is 301 g/mol. The Morgan fingerprint density at radius 3 is 2.71 bits per heavy atom. The highest BCUT2D eigenvalue weighted by atomic mass is 16.6. The van der Waals surface area contributed by atoms with Crippen molar-refractivity contribution in [1.29, 1.82) is 0 Å². The van der Waals surface area contributed by atoms with E-state index in [-0.39, 0.29) is 5.82 Å². The second kappa shape index (κ2) is 5.77. The highest BCUT2D eigenvalue weighted by Crippen LogP contribution is 2.30. The molecule has 21 heavy (non-hydrogen) atoms. The number of aliphatic carboxylic acids is 1. The quantitative estimate of drug-likeness (QED) is 0.396. The van der Waals surface area contributed by atoms with Gasteiger partial charge in [0.15, 0.2) is 6.23 Å². The topological polar surface area (TPSA) is 168 Å². The van der Waals surface area contributed by atoms with Gasteiger partial charge in [-0.1, -0.05) is 0 Å². The fourth-order valence-electron chi connectivity index (χ4n) is 2.15. The Kier molecular flexibility index (Phi) is 4.23. The molecule has 1 aromatic rings. The molecule has 0 spiro atoms. The van der Waals surface area contributed by atoms with Crippen LogP contribution in [0, 0.1) is 0 Å². The molecule has 0 aliphatic carbocycles. The third-order valence-electron chi connectivity index (χ3n) is 3.16. The minimum Gasteiger partial charge on any atom is -0.481 e. The number of ether oxygens (including phenoxy) is 1. The minimum atomic E-state index is -1.55. The minimum absolute atomic E-state index is 0.0215. The number of aliphatic hydroxyl groups excluding tert-OH is 3. The molecule has 0 bridgehead atoms. The Morgan fingerprint density at radius 2 is 2.14 bits per heavy atom. The van der Waals surface area contributed by atoms with Crippen molar-refractivity contribution in [3.05, 3.63) is 22.7 Å². The van der Waals surface area contributed by atoms with Crippen LogP contribution in [0.3, 0.4) is 0 Å². The first-order valence-electron chi connectivity index (χ1n) is 6.07. The summed E-state index contributed by atoms with van der Waals surface area (Å²) in [6, 6.07) is 1.30. The molecule has 0 radical (unpaired) electrons. The third kappa shape index (κ3) is 3.03. The van der Waals surface area contributed by atoms with E-state index in [0.717, 1.165) is 4.57 Å².